The van der Waals surface area contributed by atoms with Crippen LogP contribution in [0.1, 0.15) is 61.3 Å². The van der Waals surface area contributed by atoms with Crippen LogP contribution in [-0.2, 0) is 9.59 Å². The summed E-state index contributed by atoms with van der Waals surface area (Å²) in [6, 6.07) is 0. The molecule has 0 radical (unpaired) electrons. The summed E-state index contributed by atoms with van der Waals surface area (Å²) in [6.07, 6.45) is 0.776. The van der Waals surface area contributed by atoms with Gasteiger partial charge in [0.05, 0.1) is 0 Å². The summed E-state index contributed by atoms with van der Waals surface area (Å²) < 4.78 is 0. The Morgan fingerprint density at radius 2 is 1.53 bits per heavy atom. The average molecular weight is 241 g/mol. The Balaban J connectivity index is 4.67. The summed E-state index contributed by atoms with van der Waals surface area (Å²) in [4.78, 5) is 23.8. The van der Waals surface area contributed by atoms with E-state index in [4.69, 9.17) is 0 Å². The van der Waals surface area contributed by atoms with Gasteiger partial charge >= 0.3 is 0 Å². The van der Waals surface area contributed by atoms with Gasteiger partial charge in [-0.2, -0.15) is 0 Å². The van der Waals surface area contributed by atoms with Crippen LogP contribution in [0.25, 0.3) is 0 Å². The predicted molar refractivity (Wildman–Crippen MR) is 70.8 cm³/mol. The molecule has 0 bridgehead atoms. The van der Waals surface area contributed by atoms with E-state index in [0.717, 1.165) is 0 Å². The number of nitrogens with one attached hydrogen (secondary N) is 1. The van der Waals surface area contributed by atoms with Crippen molar-refractivity contribution in [1.82, 2.24) is 5.32 Å². The Morgan fingerprint density at radius 3 is 1.82 bits per heavy atom. The number of amides is 1. The van der Waals surface area contributed by atoms with Gasteiger partial charge in [0.15, 0.2) is 0 Å². The summed E-state index contributed by atoms with van der Waals surface area (Å²) in [5, 5.41) is 2.91. The van der Waals surface area contributed by atoms with E-state index in [1.807, 2.05) is 48.5 Å². The van der Waals surface area contributed by atoms with Crippen LogP contribution in [0.4, 0.5) is 0 Å². The highest BCUT2D eigenvalue weighted by Gasteiger charge is 2.32. The molecule has 3 nitrogen and oxygen atoms in total. The third-order valence-corrected chi connectivity index (χ3v) is 2.69. The van der Waals surface area contributed by atoms with E-state index in [-0.39, 0.29) is 35.0 Å². The lowest BCUT2D eigenvalue weighted by Gasteiger charge is -2.30. The van der Waals surface area contributed by atoms with Crippen LogP contribution < -0.4 is 5.32 Å². The molecule has 1 atom stereocenters. The van der Waals surface area contributed by atoms with Crippen molar-refractivity contribution in [2.24, 2.45) is 11.3 Å². The molecule has 0 aromatic rings. The van der Waals surface area contributed by atoms with E-state index < -0.39 is 0 Å². The van der Waals surface area contributed by atoms with Crippen LogP contribution in [0.2, 0.25) is 0 Å². The lowest BCUT2D eigenvalue weighted by Crippen LogP contribution is -2.43. The maximum absolute atomic E-state index is 11.9. The van der Waals surface area contributed by atoms with Crippen LogP contribution in [0.5, 0.6) is 0 Å². The second-order valence-corrected chi connectivity index (χ2v) is 6.74. The number of rotatable bonds is 4. The van der Waals surface area contributed by atoms with Crippen molar-refractivity contribution in [2.45, 2.75) is 66.8 Å². The third kappa shape index (κ3) is 6.44. The van der Waals surface area contributed by atoms with E-state index in [9.17, 15) is 9.59 Å². The largest absolute Gasteiger partial charge is 0.351 e. The Kier molecular flexibility index (Phi) is 5.37. The van der Waals surface area contributed by atoms with E-state index >= 15 is 0 Å². The molecule has 0 aliphatic rings. The minimum Gasteiger partial charge on any atom is -0.351 e. The maximum atomic E-state index is 11.9. The van der Waals surface area contributed by atoms with E-state index in [2.05, 4.69) is 5.32 Å². The van der Waals surface area contributed by atoms with Crippen molar-refractivity contribution < 1.29 is 9.59 Å². The first-order chi connectivity index (χ1) is 7.47. The monoisotopic (exact) mass is 241 g/mol. The first kappa shape index (κ1) is 16.1. The topological polar surface area (TPSA) is 46.2 Å². The molecule has 0 aromatic carbocycles. The van der Waals surface area contributed by atoms with Crippen molar-refractivity contribution in [2.75, 3.05) is 0 Å². The number of carbonyl (C=O) groups is 2. The minimum atomic E-state index is -0.241. The molecule has 0 rings (SSSR count). The van der Waals surface area contributed by atoms with Crippen LogP contribution in [-0.4, -0.2) is 17.2 Å². The van der Waals surface area contributed by atoms with Gasteiger partial charge in [-0.3, -0.25) is 9.59 Å². The number of carbonyl (C=O) groups excluding carboxylic acids is 2. The molecule has 3 heteroatoms. The van der Waals surface area contributed by atoms with Crippen LogP contribution in [0.3, 0.4) is 0 Å². The first-order valence-electron chi connectivity index (χ1n) is 6.31. The van der Waals surface area contributed by atoms with Crippen molar-refractivity contribution in [1.29, 1.82) is 0 Å². The smallest absolute Gasteiger partial charge is 0.221 e. The minimum absolute atomic E-state index is 0.0424. The molecular weight excluding hydrogens is 214 g/mol. The van der Waals surface area contributed by atoms with Gasteiger partial charge in [0.25, 0.3) is 0 Å². The Hall–Kier alpha value is -0.860. The zero-order valence-corrected chi connectivity index (χ0v) is 12.3. The summed E-state index contributed by atoms with van der Waals surface area (Å²) in [7, 11) is 0. The number of ketones is 1. The highest BCUT2D eigenvalue weighted by molar-refractivity contribution is 5.87. The van der Waals surface area contributed by atoms with Gasteiger partial charge in [-0.05, 0) is 26.2 Å². The standard InChI is InChI=1S/C14H27NO2/c1-8-11(16)10(13(2,3)4)9-12(17)15-14(5,6)7/h10H,8-9H2,1-7H3,(H,15,17)/t10-/m1/s1. The van der Waals surface area contributed by atoms with Gasteiger partial charge in [-0.25, -0.2) is 0 Å². The van der Waals surface area contributed by atoms with E-state index in [1.54, 1.807) is 0 Å². The third-order valence-electron chi connectivity index (χ3n) is 2.69. The molecule has 0 heterocycles. The molecule has 17 heavy (non-hydrogen) atoms. The number of Topliss-reactive ketones (excluding diaryl/α,β-unsaturated/α-hetero) is 1. The molecular formula is C14H27NO2. The van der Waals surface area contributed by atoms with E-state index in [0.29, 0.717) is 6.42 Å². The van der Waals surface area contributed by atoms with Crippen molar-refractivity contribution >= 4 is 11.7 Å². The fraction of sp³-hybridized carbons (Fsp3) is 0.857. The fourth-order valence-corrected chi connectivity index (χ4v) is 1.80. The van der Waals surface area contributed by atoms with Gasteiger partial charge < -0.3 is 5.32 Å². The SMILES string of the molecule is CCC(=O)[C@@H](CC(=O)NC(C)(C)C)C(C)(C)C. The molecule has 100 valence electrons. The molecule has 0 aliphatic heterocycles. The molecule has 1 amide bonds. The zero-order valence-electron chi connectivity index (χ0n) is 12.3. The van der Waals surface area contributed by atoms with Crippen molar-refractivity contribution in [3.63, 3.8) is 0 Å². The van der Waals surface area contributed by atoms with Crippen LogP contribution in [0.15, 0.2) is 0 Å². The van der Waals surface area contributed by atoms with Gasteiger partial charge in [0.1, 0.15) is 5.78 Å². The molecule has 0 aliphatic carbocycles. The van der Waals surface area contributed by atoms with Gasteiger partial charge in [0.2, 0.25) is 5.91 Å². The lowest BCUT2D eigenvalue weighted by molar-refractivity contribution is -0.132. The highest BCUT2D eigenvalue weighted by Crippen LogP contribution is 2.30. The molecule has 0 unspecified atom stereocenters. The Bertz CT molecular complexity index is 282. The molecule has 0 spiro atoms. The normalized spacial score (nSPS) is 14.3. The second-order valence-electron chi connectivity index (χ2n) is 6.74. The highest BCUT2D eigenvalue weighted by atomic mass is 16.2. The average Bonchev–Trinajstić information content (AvgIpc) is 2.08. The zero-order chi connectivity index (χ0) is 13.9. The summed E-state index contributed by atoms with van der Waals surface area (Å²) in [6.45, 7) is 13.7. The maximum Gasteiger partial charge on any atom is 0.221 e. The summed E-state index contributed by atoms with van der Waals surface area (Å²) in [5.74, 6) is -0.0735. The van der Waals surface area contributed by atoms with Gasteiger partial charge in [-0.15, -0.1) is 0 Å². The van der Waals surface area contributed by atoms with Crippen molar-refractivity contribution in [3.8, 4) is 0 Å². The van der Waals surface area contributed by atoms with E-state index in [1.165, 1.54) is 0 Å². The van der Waals surface area contributed by atoms with Crippen LogP contribution in [0, 0.1) is 11.3 Å². The fourth-order valence-electron chi connectivity index (χ4n) is 1.80. The summed E-state index contributed by atoms with van der Waals surface area (Å²) in [5.41, 5.74) is -0.406. The number of hydrogen-bond donors (Lipinski definition) is 1. The summed E-state index contributed by atoms with van der Waals surface area (Å²) >= 11 is 0. The molecule has 0 saturated carbocycles. The van der Waals surface area contributed by atoms with Crippen LogP contribution >= 0.6 is 0 Å². The van der Waals surface area contributed by atoms with Crippen molar-refractivity contribution in [3.05, 3.63) is 0 Å². The predicted octanol–water partition coefficient (Wildman–Crippen LogP) is 2.93. The Morgan fingerprint density at radius 1 is 1.06 bits per heavy atom. The second kappa shape index (κ2) is 5.65. The van der Waals surface area contributed by atoms with Gasteiger partial charge in [0, 0.05) is 24.3 Å². The molecule has 0 saturated heterocycles. The molecule has 0 fully saturated rings. The molecule has 1 N–H and O–H groups in total. The van der Waals surface area contributed by atoms with Gasteiger partial charge in [-0.1, -0.05) is 27.7 Å². The number of hydrogen-bond acceptors (Lipinski definition) is 2. The first-order valence-corrected chi connectivity index (χ1v) is 6.31. The Labute approximate surface area is 105 Å². The quantitative estimate of drug-likeness (QED) is 0.822. The lowest BCUT2D eigenvalue weighted by atomic mass is 9.75. The molecule has 0 aromatic heterocycles.